The smallest absolute Gasteiger partial charge is 0.256 e. The van der Waals surface area contributed by atoms with Crippen molar-refractivity contribution >= 4 is 85.3 Å². The number of anilines is 1. The third-order valence-electron chi connectivity index (χ3n) is 3.84. The summed E-state index contributed by atoms with van der Waals surface area (Å²) in [5, 5.41) is 58.2. The van der Waals surface area contributed by atoms with Gasteiger partial charge < -0.3 is 30.4 Å². The maximum absolute atomic E-state index is 13.3. The predicted octanol–water partition coefficient (Wildman–Crippen LogP) is -0.117. The average Bonchev–Trinajstić information content (AvgIpc) is 2.66. The minimum Gasteiger partial charge on any atom is -0.394 e. The summed E-state index contributed by atoms with van der Waals surface area (Å²) in [5.74, 6) is -1.38. The lowest BCUT2D eigenvalue weighted by Crippen LogP contribution is -2.44. The van der Waals surface area contributed by atoms with Crippen molar-refractivity contribution in [2.45, 2.75) is 25.7 Å². The largest absolute Gasteiger partial charge is 0.394 e. The fourth-order valence-electron chi connectivity index (χ4n) is 2.39. The molecule has 10 nitrogen and oxygen atoms in total. The molecule has 2 amide bonds. The molecule has 1 rings (SSSR count). The lowest BCUT2D eigenvalue weighted by atomic mass is 10.1. The fourth-order valence-corrected chi connectivity index (χ4v) is 6.82. The summed E-state index contributed by atoms with van der Waals surface area (Å²) in [5.41, 5.74) is 0.383. The first-order valence-corrected chi connectivity index (χ1v) is 11.4. The van der Waals surface area contributed by atoms with E-state index < -0.39 is 43.8 Å². The van der Waals surface area contributed by atoms with E-state index in [9.17, 15) is 30.1 Å². The standard InChI is InChI=1S/C16H21I3N2O8/c1-7(25)21(29)15-13(18)10(6-24)12(17)11(14(15)19)16(28)20(2-8(26)4-22)3-9(27)5-23/h8-9,22-24,26-27,29H,2-6H2,1H3. The molecule has 0 saturated heterocycles. The molecule has 0 radical (unpaired) electrons. The number of aliphatic hydroxyl groups excluding tert-OH is 5. The van der Waals surface area contributed by atoms with Crippen LogP contribution >= 0.6 is 67.8 Å². The second kappa shape index (κ2) is 12.2. The second-order valence-corrected chi connectivity index (χ2v) is 9.25. The summed E-state index contributed by atoms with van der Waals surface area (Å²) in [4.78, 5) is 26.0. The molecular formula is C16H21I3N2O8. The summed E-state index contributed by atoms with van der Waals surface area (Å²) in [7, 11) is 0. The van der Waals surface area contributed by atoms with Crippen molar-refractivity contribution in [3.63, 3.8) is 0 Å². The molecule has 0 heterocycles. The van der Waals surface area contributed by atoms with Gasteiger partial charge in [0.2, 0.25) is 5.91 Å². The Kier molecular flexibility index (Phi) is 11.4. The number of halogens is 3. The van der Waals surface area contributed by atoms with Gasteiger partial charge in [0.15, 0.2) is 0 Å². The highest BCUT2D eigenvalue weighted by Crippen LogP contribution is 2.38. The Morgan fingerprint density at radius 3 is 1.79 bits per heavy atom. The molecule has 1 aromatic rings. The van der Waals surface area contributed by atoms with Crippen molar-refractivity contribution in [3.05, 3.63) is 21.8 Å². The maximum atomic E-state index is 13.3. The average molecular weight is 750 g/mol. The third-order valence-corrected chi connectivity index (χ3v) is 7.24. The number of hydrogen-bond donors (Lipinski definition) is 6. The molecule has 29 heavy (non-hydrogen) atoms. The van der Waals surface area contributed by atoms with Crippen LogP contribution < -0.4 is 5.06 Å². The van der Waals surface area contributed by atoms with Gasteiger partial charge in [0.05, 0.1) is 41.2 Å². The molecule has 2 atom stereocenters. The van der Waals surface area contributed by atoms with Crippen LogP contribution in [0.5, 0.6) is 0 Å². The van der Waals surface area contributed by atoms with E-state index in [4.69, 9.17) is 10.2 Å². The first-order chi connectivity index (χ1) is 13.5. The van der Waals surface area contributed by atoms with Crippen LogP contribution in [0.3, 0.4) is 0 Å². The number of amides is 2. The van der Waals surface area contributed by atoms with Gasteiger partial charge in [0.25, 0.3) is 5.91 Å². The number of hydroxylamine groups is 1. The first-order valence-electron chi connectivity index (χ1n) is 8.18. The molecule has 0 bridgehead atoms. The van der Waals surface area contributed by atoms with Crippen LogP contribution in [0.1, 0.15) is 22.8 Å². The molecule has 0 aliphatic carbocycles. The molecule has 2 unspecified atom stereocenters. The van der Waals surface area contributed by atoms with Gasteiger partial charge in [-0.05, 0) is 67.8 Å². The van der Waals surface area contributed by atoms with E-state index in [-0.39, 0.29) is 27.9 Å². The van der Waals surface area contributed by atoms with Crippen LogP contribution in [0.15, 0.2) is 0 Å². The van der Waals surface area contributed by atoms with Gasteiger partial charge in [0, 0.05) is 32.7 Å². The highest BCUT2D eigenvalue weighted by atomic mass is 127. The van der Waals surface area contributed by atoms with Gasteiger partial charge in [0.1, 0.15) is 5.69 Å². The maximum Gasteiger partial charge on any atom is 0.256 e. The van der Waals surface area contributed by atoms with Crippen molar-refractivity contribution in [2.24, 2.45) is 0 Å². The van der Waals surface area contributed by atoms with Gasteiger partial charge in [-0.25, -0.2) is 0 Å². The zero-order valence-corrected chi connectivity index (χ0v) is 21.7. The van der Waals surface area contributed by atoms with Crippen LogP contribution in [0, 0.1) is 10.7 Å². The Morgan fingerprint density at radius 2 is 1.41 bits per heavy atom. The molecule has 0 saturated carbocycles. The Morgan fingerprint density at radius 1 is 0.931 bits per heavy atom. The number of nitrogens with zero attached hydrogens (tertiary/aromatic N) is 2. The van der Waals surface area contributed by atoms with E-state index in [0.717, 1.165) is 11.8 Å². The van der Waals surface area contributed by atoms with E-state index in [1.165, 1.54) is 0 Å². The lowest BCUT2D eigenvalue weighted by Gasteiger charge is -2.29. The zero-order valence-electron chi connectivity index (χ0n) is 15.2. The molecule has 0 aliphatic heterocycles. The third kappa shape index (κ3) is 6.55. The van der Waals surface area contributed by atoms with Crippen molar-refractivity contribution < 1.29 is 40.3 Å². The Balaban J connectivity index is 3.64. The molecule has 1 aromatic carbocycles. The predicted molar refractivity (Wildman–Crippen MR) is 128 cm³/mol. The van der Waals surface area contributed by atoms with Crippen LogP contribution in [0.4, 0.5) is 5.69 Å². The van der Waals surface area contributed by atoms with Gasteiger partial charge >= 0.3 is 0 Å². The summed E-state index contributed by atoms with van der Waals surface area (Å²) in [6, 6.07) is 0. The highest BCUT2D eigenvalue weighted by molar-refractivity contribution is 14.1. The van der Waals surface area contributed by atoms with E-state index in [1.807, 2.05) is 45.2 Å². The Bertz CT molecular complexity index is 752. The number of carbonyl (C=O) groups is 2. The number of benzene rings is 1. The topological polar surface area (TPSA) is 162 Å². The van der Waals surface area contributed by atoms with Crippen LogP contribution in [-0.2, 0) is 11.4 Å². The lowest BCUT2D eigenvalue weighted by molar-refractivity contribution is -0.121. The summed E-state index contributed by atoms with van der Waals surface area (Å²) >= 11 is 5.51. The highest BCUT2D eigenvalue weighted by Gasteiger charge is 2.31. The zero-order chi connectivity index (χ0) is 22.5. The number of aliphatic hydroxyl groups is 5. The number of hydrogen-bond acceptors (Lipinski definition) is 8. The van der Waals surface area contributed by atoms with Gasteiger partial charge in [-0.2, -0.15) is 5.06 Å². The Hall–Kier alpha value is 0.110. The number of carbonyl (C=O) groups excluding carboxylic acids is 2. The van der Waals surface area contributed by atoms with Gasteiger partial charge in [-0.1, -0.05) is 0 Å². The molecule has 0 aromatic heterocycles. The van der Waals surface area contributed by atoms with Crippen molar-refractivity contribution in [1.82, 2.24) is 4.90 Å². The molecule has 13 heteroatoms. The first kappa shape index (κ1) is 27.1. The summed E-state index contributed by atoms with van der Waals surface area (Å²) < 4.78 is 0.968. The summed E-state index contributed by atoms with van der Waals surface area (Å²) in [6.45, 7) is -1.24. The van der Waals surface area contributed by atoms with Crippen molar-refractivity contribution in [1.29, 1.82) is 0 Å². The van der Waals surface area contributed by atoms with Gasteiger partial charge in [-0.15, -0.1) is 0 Å². The van der Waals surface area contributed by atoms with Crippen LogP contribution in [0.25, 0.3) is 0 Å². The van der Waals surface area contributed by atoms with E-state index in [2.05, 4.69) is 0 Å². The normalized spacial score (nSPS) is 13.2. The van der Waals surface area contributed by atoms with Crippen molar-refractivity contribution in [3.8, 4) is 0 Å². The second-order valence-electron chi connectivity index (χ2n) is 6.02. The molecule has 164 valence electrons. The molecular weight excluding hydrogens is 729 g/mol. The van der Waals surface area contributed by atoms with Crippen molar-refractivity contribution in [2.75, 3.05) is 31.4 Å². The Labute approximate surface area is 207 Å². The molecule has 0 spiro atoms. The van der Waals surface area contributed by atoms with E-state index in [1.54, 1.807) is 22.6 Å². The van der Waals surface area contributed by atoms with E-state index in [0.29, 0.717) is 17.8 Å². The van der Waals surface area contributed by atoms with Crippen LogP contribution in [0.2, 0.25) is 0 Å². The fraction of sp³-hybridized carbons (Fsp3) is 0.500. The van der Waals surface area contributed by atoms with E-state index >= 15 is 0 Å². The summed E-state index contributed by atoms with van der Waals surface area (Å²) in [6.07, 6.45) is -2.57. The molecule has 0 aliphatic rings. The molecule has 0 fully saturated rings. The number of rotatable bonds is 9. The molecule has 6 N–H and O–H groups in total. The SMILES string of the molecule is CC(=O)N(O)c1c(I)c(CO)c(I)c(C(=O)N(CC(O)CO)CC(O)CO)c1I. The monoisotopic (exact) mass is 750 g/mol. The van der Waals surface area contributed by atoms with Gasteiger partial charge in [-0.3, -0.25) is 14.8 Å². The minimum atomic E-state index is -1.28. The minimum absolute atomic E-state index is 0.0249. The van der Waals surface area contributed by atoms with Crippen LogP contribution in [-0.4, -0.2) is 86.0 Å². The quantitative estimate of drug-likeness (QED) is 0.116.